The molecule has 0 spiro atoms. The molecule has 18 heavy (non-hydrogen) atoms. The van der Waals surface area contributed by atoms with E-state index in [0.717, 1.165) is 17.8 Å². The van der Waals surface area contributed by atoms with Gasteiger partial charge in [0.15, 0.2) is 0 Å². The summed E-state index contributed by atoms with van der Waals surface area (Å²) >= 11 is 0. The summed E-state index contributed by atoms with van der Waals surface area (Å²) in [5.41, 5.74) is 1.76. The van der Waals surface area contributed by atoms with Gasteiger partial charge in [-0.05, 0) is 49.9 Å². The van der Waals surface area contributed by atoms with Crippen LogP contribution in [0.3, 0.4) is 0 Å². The standard InChI is InChI=1S/C18H30/c1-15(2)17-14-13-16-11-9-7-5-3-4-6-8-10-12-18(16)17/h7,9,11,15,17-18H,3-6,8,10,12-14H2,1-2H3/b9-7+,16-11-. The molecule has 0 heteroatoms. The summed E-state index contributed by atoms with van der Waals surface area (Å²) in [5.74, 6) is 2.71. The summed E-state index contributed by atoms with van der Waals surface area (Å²) in [5, 5.41) is 0. The zero-order valence-corrected chi connectivity index (χ0v) is 12.3. The third-order valence-electron chi connectivity index (χ3n) is 4.95. The van der Waals surface area contributed by atoms with Crippen molar-refractivity contribution in [2.75, 3.05) is 0 Å². The highest BCUT2D eigenvalue weighted by Crippen LogP contribution is 2.43. The molecule has 0 bridgehead atoms. The predicted octanol–water partition coefficient (Wildman–Crippen LogP) is 5.90. The summed E-state index contributed by atoms with van der Waals surface area (Å²) in [6, 6.07) is 0. The summed E-state index contributed by atoms with van der Waals surface area (Å²) in [4.78, 5) is 0. The fourth-order valence-corrected chi connectivity index (χ4v) is 3.84. The molecule has 2 aliphatic rings. The van der Waals surface area contributed by atoms with Gasteiger partial charge in [-0.15, -0.1) is 0 Å². The van der Waals surface area contributed by atoms with E-state index in [1.54, 1.807) is 5.57 Å². The average Bonchev–Trinajstić information content (AvgIpc) is 2.72. The van der Waals surface area contributed by atoms with Crippen LogP contribution in [0, 0.1) is 17.8 Å². The van der Waals surface area contributed by atoms with E-state index in [9.17, 15) is 0 Å². The molecular weight excluding hydrogens is 216 g/mol. The molecule has 0 aromatic heterocycles. The van der Waals surface area contributed by atoms with Crippen LogP contribution in [-0.2, 0) is 0 Å². The van der Waals surface area contributed by atoms with E-state index in [1.807, 2.05) is 0 Å². The van der Waals surface area contributed by atoms with Crippen LogP contribution in [0.25, 0.3) is 0 Å². The highest BCUT2D eigenvalue weighted by Gasteiger charge is 2.32. The van der Waals surface area contributed by atoms with Crippen molar-refractivity contribution in [2.24, 2.45) is 17.8 Å². The third kappa shape index (κ3) is 3.73. The number of fused-ring (bicyclic) bond motifs is 1. The molecule has 0 aromatic rings. The van der Waals surface area contributed by atoms with Crippen LogP contribution in [0.1, 0.15) is 71.6 Å². The molecule has 1 fully saturated rings. The maximum absolute atomic E-state index is 2.45. The summed E-state index contributed by atoms with van der Waals surface area (Å²) in [7, 11) is 0. The lowest BCUT2D eigenvalue weighted by molar-refractivity contribution is 0.296. The first-order valence-corrected chi connectivity index (χ1v) is 8.14. The Morgan fingerprint density at radius 1 is 1.00 bits per heavy atom. The second kappa shape index (κ2) is 7.16. The van der Waals surface area contributed by atoms with E-state index < -0.39 is 0 Å². The average molecular weight is 246 g/mol. The van der Waals surface area contributed by atoms with Gasteiger partial charge in [0.25, 0.3) is 0 Å². The number of rotatable bonds is 1. The summed E-state index contributed by atoms with van der Waals surface area (Å²) in [6.45, 7) is 4.83. The second-order valence-electron chi connectivity index (χ2n) is 6.57. The van der Waals surface area contributed by atoms with Crippen molar-refractivity contribution in [2.45, 2.75) is 71.6 Å². The highest BCUT2D eigenvalue weighted by molar-refractivity contribution is 5.20. The Kier molecular flexibility index (Phi) is 5.53. The van der Waals surface area contributed by atoms with Crippen LogP contribution in [0.4, 0.5) is 0 Å². The van der Waals surface area contributed by atoms with Crippen LogP contribution < -0.4 is 0 Å². The molecule has 2 atom stereocenters. The van der Waals surface area contributed by atoms with Gasteiger partial charge < -0.3 is 0 Å². The van der Waals surface area contributed by atoms with Gasteiger partial charge >= 0.3 is 0 Å². The quantitative estimate of drug-likeness (QED) is 0.540. The lowest BCUT2D eigenvalue weighted by atomic mass is 9.81. The van der Waals surface area contributed by atoms with E-state index in [2.05, 4.69) is 32.1 Å². The first-order valence-electron chi connectivity index (χ1n) is 8.14. The maximum atomic E-state index is 2.45. The Bertz CT molecular complexity index is 295. The monoisotopic (exact) mass is 246 g/mol. The Morgan fingerprint density at radius 2 is 1.78 bits per heavy atom. The lowest BCUT2D eigenvalue weighted by Gasteiger charge is -2.24. The van der Waals surface area contributed by atoms with Gasteiger partial charge in [-0.1, -0.05) is 63.3 Å². The van der Waals surface area contributed by atoms with E-state index in [0.29, 0.717) is 0 Å². The van der Waals surface area contributed by atoms with Gasteiger partial charge in [-0.3, -0.25) is 0 Å². The molecule has 0 amide bonds. The molecule has 0 N–H and O–H groups in total. The van der Waals surface area contributed by atoms with Crippen molar-refractivity contribution < 1.29 is 0 Å². The fourth-order valence-electron chi connectivity index (χ4n) is 3.84. The van der Waals surface area contributed by atoms with E-state index >= 15 is 0 Å². The first kappa shape index (κ1) is 13.9. The van der Waals surface area contributed by atoms with Crippen LogP contribution in [0.2, 0.25) is 0 Å². The van der Waals surface area contributed by atoms with Crippen molar-refractivity contribution in [3.63, 3.8) is 0 Å². The van der Waals surface area contributed by atoms with Crippen LogP contribution in [0.15, 0.2) is 23.8 Å². The van der Waals surface area contributed by atoms with Crippen molar-refractivity contribution in [3.8, 4) is 0 Å². The minimum absolute atomic E-state index is 0.859. The number of hydrogen-bond acceptors (Lipinski definition) is 0. The molecule has 2 rings (SSSR count). The Hall–Kier alpha value is -0.520. The van der Waals surface area contributed by atoms with Crippen LogP contribution in [0.5, 0.6) is 0 Å². The van der Waals surface area contributed by atoms with Crippen LogP contribution >= 0.6 is 0 Å². The number of hydrogen-bond donors (Lipinski definition) is 0. The van der Waals surface area contributed by atoms with E-state index in [4.69, 9.17) is 0 Å². The molecule has 0 heterocycles. The minimum Gasteiger partial charge on any atom is -0.0845 e. The van der Waals surface area contributed by atoms with Crippen LogP contribution in [-0.4, -0.2) is 0 Å². The molecule has 0 radical (unpaired) electrons. The zero-order valence-electron chi connectivity index (χ0n) is 12.3. The zero-order chi connectivity index (χ0) is 12.8. The molecule has 1 saturated carbocycles. The maximum Gasteiger partial charge on any atom is -0.0169 e. The molecule has 0 saturated heterocycles. The molecule has 0 aliphatic heterocycles. The molecular formula is C18H30. The van der Waals surface area contributed by atoms with Crippen molar-refractivity contribution >= 4 is 0 Å². The van der Waals surface area contributed by atoms with E-state index in [1.165, 1.54) is 57.8 Å². The van der Waals surface area contributed by atoms with Crippen molar-refractivity contribution in [3.05, 3.63) is 23.8 Å². The topological polar surface area (TPSA) is 0 Å². The normalized spacial score (nSPS) is 35.2. The molecule has 2 aliphatic carbocycles. The predicted molar refractivity (Wildman–Crippen MR) is 80.6 cm³/mol. The minimum atomic E-state index is 0.859. The fraction of sp³-hybridized carbons (Fsp3) is 0.778. The van der Waals surface area contributed by atoms with Gasteiger partial charge in [0.1, 0.15) is 0 Å². The van der Waals surface area contributed by atoms with Gasteiger partial charge in [-0.25, -0.2) is 0 Å². The molecule has 0 aromatic carbocycles. The first-order chi connectivity index (χ1) is 8.79. The summed E-state index contributed by atoms with van der Waals surface area (Å²) in [6.07, 6.45) is 19.9. The van der Waals surface area contributed by atoms with Gasteiger partial charge in [0.05, 0.1) is 0 Å². The largest absolute Gasteiger partial charge is 0.0845 e. The third-order valence-corrected chi connectivity index (χ3v) is 4.95. The highest BCUT2D eigenvalue weighted by atomic mass is 14.4. The molecule has 102 valence electrons. The smallest absolute Gasteiger partial charge is 0.0169 e. The van der Waals surface area contributed by atoms with Gasteiger partial charge in [-0.2, -0.15) is 0 Å². The SMILES string of the molecule is CC(C)C1CC/C2=C/C=C/CCCCCCCC21. The number of allylic oxidation sites excluding steroid dienone is 4. The van der Waals surface area contributed by atoms with Crippen molar-refractivity contribution in [1.29, 1.82) is 0 Å². The second-order valence-corrected chi connectivity index (χ2v) is 6.57. The lowest BCUT2D eigenvalue weighted by Crippen LogP contribution is -2.15. The van der Waals surface area contributed by atoms with Gasteiger partial charge in [0.2, 0.25) is 0 Å². The molecule has 0 nitrogen and oxygen atoms in total. The van der Waals surface area contributed by atoms with E-state index in [-0.39, 0.29) is 0 Å². The Labute approximate surface area is 114 Å². The summed E-state index contributed by atoms with van der Waals surface area (Å²) < 4.78 is 0. The Balaban J connectivity index is 2.06. The molecule has 2 unspecified atom stereocenters. The van der Waals surface area contributed by atoms with Gasteiger partial charge in [0, 0.05) is 0 Å². The Morgan fingerprint density at radius 3 is 2.61 bits per heavy atom. The van der Waals surface area contributed by atoms with Crippen molar-refractivity contribution in [1.82, 2.24) is 0 Å².